The molecule has 0 aromatic rings. The van der Waals surface area contributed by atoms with Gasteiger partial charge in [-0.05, 0) is 6.92 Å². The van der Waals surface area contributed by atoms with E-state index >= 15 is 0 Å². The van der Waals surface area contributed by atoms with Crippen LogP contribution >= 0.6 is 0 Å². The zero-order chi connectivity index (χ0) is 8.43. The van der Waals surface area contributed by atoms with Gasteiger partial charge in [0.25, 0.3) is 0 Å². The predicted octanol–water partition coefficient (Wildman–Crippen LogP) is -0.510. The molecule has 0 spiro atoms. The Balaban J connectivity index is 2.51. The van der Waals surface area contributed by atoms with Gasteiger partial charge in [0.2, 0.25) is 0 Å². The molecule has 0 amide bonds. The van der Waals surface area contributed by atoms with Crippen molar-refractivity contribution in [3.05, 3.63) is 0 Å². The average molecular weight is 162 g/mol. The summed E-state index contributed by atoms with van der Waals surface area (Å²) in [5.41, 5.74) is 0. The second-order valence-electron chi connectivity index (χ2n) is 2.80. The summed E-state index contributed by atoms with van der Waals surface area (Å²) in [7, 11) is 1.51. The van der Waals surface area contributed by atoms with Gasteiger partial charge < -0.3 is 19.7 Å². The van der Waals surface area contributed by atoms with E-state index in [0.29, 0.717) is 6.42 Å². The monoisotopic (exact) mass is 162 g/mol. The van der Waals surface area contributed by atoms with E-state index in [9.17, 15) is 5.11 Å². The molecule has 1 aliphatic rings. The van der Waals surface area contributed by atoms with Gasteiger partial charge in [-0.1, -0.05) is 0 Å². The van der Waals surface area contributed by atoms with Crippen molar-refractivity contribution in [2.45, 2.75) is 37.9 Å². The molecule has 66 valence electrons. The number of methoxy groups -OCH3 is 1. The Morgan fingerprint density at radius 3 is 2.64 bits per heavy atom. The first-order valence-electron chi connectivity index (χ1n) is 3.69. The SMILES string of the molecule is CO[C@H]1C[C@@H](O)O[C@H](C)[C@H]1O. The molecule has 0 unspecified atom stereocenters. The highest BCUT2D eigenvalue weighted by Crippen LogP contribution is 2.20. The highest BCUT2D eigenvalue weighted by molar-refractivity contribution is 4.80. The van der Waals surface area contributed by atoms with Crippen molar-refractivity contribution in [1.29, 1.82) is 0 Å². The Morgan fingerprint density at radius 1 is 1.45 bits per heavy atom. The Hall–Kier alpha value is -0.160. The fourth-order valence-corrected chi connectivity index (χ4v) is 1.26. The zero-order valence-electron chi connectivity index (χ0n) is 6.73. The van der Waals surface area contributed by atoms with E-state index in [1.807, 2.05) is 0 Å². The third-order valence-corrected chi connectivity index (χ3v) is 1.97. The fraction of sp³-hybridized carbons (Fsp3) is 1.00. The van der Waals surface area contributed by atoms with Crippen LogP contribution in [0.1, 0.15) is 13.3 Å². The number of hydrogen-bond acceptors (Lipinski definition) is 4. The third kappa shape index (κ3) is 1.90. The molecule has 1 rings (SSSR count). The molecule has 4 nitrogen and oxygen atoms in total. The van der Waals surface area contributed by atoms with E-state index in [-0.39, 0.29) is 12.2 Å². The largest absolute Gasteiger partial charge is 0.388 e. The van der Waals surface area contributed by atoms with Gasteiger partial charge in [-0.15, -0.1) is 0 Å². The molecule has 1 saturated heterocycles. The highest BCUT2D eigenvalue weighted by atomic mass is 16.6. The molecular weight excluding hydrogens is 148 g/mol. The maximum absolute atomic E-state index is 9.39. The lowest BCUT2D eigenvalue weighted by molar-refractivity contribution is -0.231. The van der Waals surface area contributed by atoms with Gasteiger partial charge in [0.15, 0.2) is 6.29 Å². The van der Waals surface area contributed by atoms with Crippen molar-refractivity contribution in [2.75, 3.05) is 7.11 Å². The topological polar surface area (TPSA) is 58.9 Å². The van der Waals surface area contributed by atoms with E-state index in [4.69, 9.17) is 14.6 Å². The summed E-state index contributed by atoms with van der Waals surface area (Å²) < 4.78 is 9.91. The van der Waals surface area contributed by atoms with Gasteiger partial charge in [0.05, 0.1) is 12.2 Å². The van der Waals surface area contributed by atoms with Crippen molar-refractivity contribution in [3.63, 3.8) is 0 Å². The van der Waals surface area contributed by atoms with Gasteiger partial charge in [0, 0.05) is 13.5 Å². The minimum atomic E-state index is -0.807. The van der Waals surface area contributed by atoms with Crippen molar-refractivity contribution in [1.82, 2.24) is 0 Å². The van der Waals surface area contributed by atoms with Gasteiger partial charge >= 0.3 is 0 Å². The Labute approximate surface area is 65.7 Å². The fourth-order valence-electron chi connectivity index (χ4n) is 1.26. The number of rotatable bonds is 1. The number of aliphatic hydroxyl groups excluding tert-OH is 2. The molecule has 1 aliphatic heterocycles. The number of ether oxygens (including phenoxy) is 2. The molecule has 0 bridgehead atoms. The van der Waals surface area contributed by atoms with Crippen molar-refractivity contribution < 1.29 is 19.7 Å². The predicted molar refractivity (Wildman–Crippen MR) is 38.0 cm³/mol. The van der Waals surface area contributed by atoms with Crippen LogP contribution in [-0.4, -0.2) is 41.9 Å². The molecule has 4 heteroatoms. The number of hydrogen-bond donors (Lipinski definition) is 2. The van der Waals surface area contributed by atoms with E-state index in [1.54, 1.807) is 6.92 Å². The minimum absolute atomic E-state index is 0.311. The standard InChI is InChI=1S/C7H14O4/c1-4-7(9)5(10-2)3-6(8)11-4/h4-9H,3H2,1-2H3/t4-,5+,6+,7-/m1/s1. The molecular formula is C7H14O4. The maximum Gasteiger partial charge on any atom is 0.157 e. The lowest BCUT2D eigenvalue weighted by Gasteiger charge is -2.34. The molecule has 0 aliphatic carbocycles. The summed E-state index contributed by atoms with van der Waals surface area (Å²) in [6, 6.07) is 0. The molecule has 0 aromatic carbocycles. The summed E-state index contributed by atoms with van der Waals surface area (Å²) >= 11 is 0. The second kappa shape index (κ2) is 3.49. The lowest BCUT2D eigenvalue weighted by Crippen LogP contribution is -2.47. The summed E-state index contributed by atoms with van der Waals surface area (Å²) in [5.74, 6) is 0. The molecule has 0 aromatic heterocycles. The second-order valence-corrected chi connectivity index (χ2v) is 2.80. The lowest BCUT2D eigenvalue weighted by atomic mass is 10.0. The van der Waals surface area contributed by atoms with Crippen LogP contribution in [0.5, 0.6) is 0 Å². The summed E-state index contributed by atoms with van der Waals surface area (Å²) in [5, 5.41) is 18.5. The summed E-state index contributed by atoms with van der Waals surface area (Å²) in [4.78, 5) is 0. The van der Waals surface area contributed by atoms with E-state index in [1.165, 1.54) is 7.11 Å². The van der Waals surface area contributed by atoms with Gasteiger partial charge in [0.1, 0.15) is 6.10 Å². The first-order valence-corrected chi connectivity index (χ1v) is 3.69. The van der Waals surface area contributed by atoms with Crippen LogP contribution in [0, 0.1) is 0 Å². The molecule has 1 heterocycles. The molecule has 2 N–H and O–H groups in total. The van der Waals surface area contributed by atoms with Crippen LogP contribution < -0.4 is 0 Å². The van der Waals surface area contributed by atoms with Crippen LogP contribution in [0.4, 0.5) is 0 Å². The van der Waals surface area contributed by atoms with Crippen LogP contribution in [0.3, 0.4) is 0 Å². The normalized spacial score (nSPS) is 45.8. The zero-order valence-corrected chi connectivity index (χ0v) is 6.73. The van der Waals surface area contributed by atoms with Gasteiger partial charge in [-0.25, -0.2) is 0 Å². The van der Waals surface area contributed by atoms with Gasteiger partial charge in [-0.3, -0.25) is 0 Å². The van der Waals surface area contributed by atoms with Crippen molar-refractivity contribution in [2.24, 2.45) is 0 Å². The average Bonchev–Trinajstić information content (AvgIpc) is 1.96. The van der Waals surface area contributed by atoms with E-state index < -0.39 is 12.4 Å². The smallest absolute Gasteiger partial charge is 0.157 e. The quantitative estimate of drug-likeness (QED) is 0.545. The molecule has 11 heavy (non-hydrogen) atoms. The molecule has 4 atom stereocenters. The van der Waals surface area contributed by atoms with Gasteiger partial charge in [-0.2, -0.15) is 0 Å². The first kappa shape index (κ1) is 8.93. The Bertz CT molecular complexity index is 128. The first-order chi connectivity index (χ1) is 5.15. The van der Waals surface area contributed by atoms with Crippen molar-refractivity contribution in [3.8, 4) is 0 Å². The van der Waals surface area contributed by atoms with E-state index in [0.717, 1.165) is 0 Å². The maximum atomic E-state index is 9.39. The third-order valence-electron chi connectivity index (χ3n) is 1.97. The molecule has 0 radical (unpaired) electrons. The highest BCUT2D eigenvalue weighted by Gasteiger charge is 2.34. The summed E-state index contributed by atoms with van der Waals surface area (Å²) in [6.07, 6.45) is -1.78. The Kier molecular flexibility index (Phi) is 2.84. The molecule has 0 saturated carbocycles. The Morgan fingerprint density at radius 2 is 2.09 bits per heavy atom. The summed E-state index contributed by atoms with van der Waals surface area (Å²) in [6.45, 7) is 1.71. The number of aliphatic hydroxyl groups is 2. The van der Waals surface area contributed by atoms with Crippen LogP contribution in [-0.2, 0) is 9.47 Å². The van der Waals surface area contributed by atoms with Crippen LogP contribution in [0.15, 0.2) is 0 Å². The van der Waals surface area contributed by atoms with E-state index in [2.05, 4.69) is 0 Å². The van der Waals surface area contributed by atoms with Crippen LogP contribution in [0.25, 0.3) is 0 Å². The molecule has 1 fully saturated rings. The van der Waals surface area contributed by atoms with Crippen LogP contribution in [0.2, 0.25) is 0 Å². The minimum Gasteiger partial charge on any atom is -0.388 e. The van der Waals surface area contributed by atoms with Crippen molar-refractivity contribution >= 4 is 0 Å².